The number of anilines is 9. The van der Waals surface area contributed by atoms with E-state index in [1.807, 2.05) is 0 Å². The molecule has 0 spiro atoms. The maximum absolute atomic E-state index is 5.82. The Morgan fingerprint density at radius 2 is 0.481 bits per heavy atom. The smallest absolute Gasteiger partial charge is 0.160 e. The summed E-state index contributed by atoms with van der Waals surface area (Å²) in [6.07, 6.45) is 0. The SMILES string of the molecule is c1ccc(N(c2cccc(-c3ccc4nc(-c5cccc(N(c6ccccc6)c6ccc7c8ccccc8n(-c8ccccc8)c7c6)c5)nc(-c5cccc(N(c6ccccc6)c6ccc7c8ccccc8n(-c8ccccc8)c7c6)c5)c4c3)c2)c2ccc3c4ccccc4n(-c4ccccc4)c3c2)cc1. The van der Waals surface area contributed by atoms with E-state index in [0.717, 1.165) is 135 Å². The van der Waals surface area contributed by atoms with Crippen LogP contribution in [0.3, 0.4) is 0 Å². The zero-order valence-corrected chi connectivity index (χ0v) is 57.7. The molecular formula is C98H66N8. The number of hydrogen-bond donors (Lipinski definition) is 0. The van der Waals surface area contributed by atoms with Crippen LogP contribution < -0.4 is 14.7 Å². The Hall–Kier alpha value is -14.3. The van der Waals surface area contributed by atoms with Crippen LogP contribution in [0.1, 0.15) is 0 Å². The Labute approximate surface area is 613 Å². The summed E-state index contributed by atoms with van der Waals surface area (Å²) >= 11 is 0. The van der Waals surface area contributed by atoms with Crippen LogP contribution in [0.2, 0.25) is 0 Å². The van der Waals surface area contributed by atoms with Crippen LogP contribution in [0.5, 0.6) is 0 Å². The summed E-state index contributed by atoms with van der Waals surface area (Å²) in [7, 11) is 0. The van der Waals surface area contributed by atoms with Crippen LogP contribution >= 0.6 is 0 Å². The van der Waals surface area contributed by atoms with Crippen molar-refractivity contribution >= 4 is 128 Å². The van der Waals surface area contributed by atoms with E-state index in [1.165, 1.54) is 37.8 Å². The zero-order valence-electron chi connectivity index (χ0n) is 57.7. The van der Waals surface area contributed by atoms with Crippen LogP contribution in [-0.2, 0) is 0 Å². The molecular weight excluding hydrogens is 1290 g/mol. The van der Waals surface area contributed by atoms with E-state index in [0.29, 0.717) is 5.82 Å². The highest BCUT2D eigenvalue weighted by molar-refractivity contribution is 6.13. The zero-order chi connectivity index (χ0) is 70.0. The number of hydrogen-bond acceptors (Lipinski definition) is 5. The molecule has 0 unspecified atom stereocenters. The molecule has 4 heterocycles. The van der Waals surface area contributed by atoms with E-state index in [1.54, 1.807) is 0 Å². The molecule has 0 radical (unpaired) electrons. The minimum atomic E-state index is 0.609. The third-order valence-corrected chi connectivity index (χ3v) is 20.7. The summed E-state index contributed by atoms with van der Waals surface area (Å²) in [5.74, 6) is 0.609. The van der Waals surface area contributed by atoms with E-state index >= 15 is 0 Å². The number of aromatic nitrogens is 5. The first-order chi connectivity index (χ1) is 52.6. The first-order valence-corrected chi connectivity index (χ1v) is 36.0. The monoisotopic (exact) mass is 1350 g/mol. The van der Waals surface area contributed by atoms with Crippen molar-refractivity contribution in [1.82, 2.24) is 23.7 Å². The lowest BCUT2D eigenvalue weighted by molar-refractivity contribution is 1.18. The molecule has 0 fully saturated rings. The van der Waals surface area contributed by atoms with Gasteiger partial charge in [-0.25, -0.2) is 9.97 Å². The van der Waals surface area contributed by atoms with Gasteiger partial charge in [0.15, 0.2) is 5.82 Å². The van der Waals surface area contributed by atoms with Gasteiger partial charge in [0, 0.05) is 117 Å². The summed E-state index contributed by atoms with van der Waals surface area (Å²) in [5.41, 5.74) is 24.9. The highest BCUT2D eigenvalue weighted by Crippen LogP contribution is 2.46. The molecule has 0 saturated carbocycles. The number of nitrogens with zero attached hydrogens (tertiary/aromatic N) is 8. The maximum Gasteiger partial charge on any atom is 0.160 e. The molecule has 8 nitrogen and oxygen atoms in total. The van der Waals surface area contributed by atoms with Crippen molar-refractivity contribution in [3.05, 3.63) is 400 Å². The number of benzene rings is 16. The van der Waals surface area contributed by atoms with Crippen molar-refractivity contribution in [3.8, 4) is 50.8 Å². The minimum Gasteiger partial charge on any atom is -0.310 e. The second-order valence-electron chi connectivity index (χ2n) is 27.0. The first kappa shape index (κ1) is 61.5. The molecule has 0 atom stereocenters. The molecule has 0 aliphatic rings. The fourth-order valence-electron chi connectivity index (χ4n) is 16.0. The Balaban J connectivity index is 0.756. The molecule has 8 heteroatoms. The van der Waals surface area contributed by atoms with Crippen LogP contribution in [0, 0.1) is 0 Å². The maximum atomic E-state index is 5.82. The molecule has 4 aromatic heterocycles. The van der Waals surface area contributed by atoms with Crippen molar-refractivity contribution in [3.63, 3.8) is 0 Å². The number of rotatable bonds is 15. The van der Waals surface area contributed by atoms with Crippen molar-refractivity contribution in [1.29, 1.82) is 0 Å². The fourth-order valence-corrected chi connectivity index (χ4v) is 16.0. The van der Waals surface area contributed by atoms with Crippen molar-refractivity contribution in [2.75, 3.05) is 14.7 Å². The molecule has 0 amide bonds. The summed E-state index contributed by atoms with van der Waals surface area (Å²) in [4.78, 5) is 18.5. The lowest BCUT2D eigenvalue weighted by atomic mass is 9.98. The van der Waals surface area contributed by atoms with E-state index in [9.17, 15) is 0 Å². The molecule has 498 valence electrons. The first-order valence-electron chi connectivity index (χ1n) is 36.0. The summed E-state index contributed by atoms with van der Waals surface area (Å²) < 4.78 is 7.16. The van der Waals surface area contributed by atoms with Gasteiger partial charge in [-0.1, -0.05) is 224 Å². The lowest BCUT2D eigenvalue weighted by Gasteiger charge is -2.26. The second-order valence-corrected chi connectivity index (χ2v) is 27.0. The molecule has 0 aliphatic heterocycles. The molecule has 0 N–H and O–H groups in total. The second kappa shape index (κ2) is 25.9. The van der Waals surface area contributed by atoms with Crippen molar-refractivity contribution < 1.29 is 0 Å². The Bertz CT molecular complexity index is 6710. The Morgan fingerprint density at radius 3 is 0.887 bits per heavy atom. The Morgan fingerprint density at radius 1 is 0.179 bits per heavy atom. The van der Waals surface area contributed by atoms with Gasteiger partial charge in [0.25, 0.3) is 0 Å². The summed E-state index contributed by atoms with van der Waals surface area (Å²) in [6.45, 7) is 0. The van der Waals surface area contributed by atoms with Gasteiger partial charge >= 0.3 is 0 Å². The molecule has 20 aromatic rings. The van der Waals surface area contributed by atoms with Gasteiger partial charge < -0.3 is 28.4 Å². The standard InChI is InChI=1S/C98H66N8/c1-7-31-71(32-8-1)101(80-53-56-86-83-46-19-22-49-91(83)104(94(86)64-80)74-37-13-4-14-38-74)77-43-25-28-67(60-77)68-52-59-90-89(63-68)97(69-29-26-44-78(61-69)102(72-33-9-2-10-34-72)81-54-57-87-84-47-20-23-50-92(84)105(95(87)65-81)75-39-15-5-16-40-75)100-98(99-90)70-30-27-45-79(62-70)103(73-35-11-3-12-36-73)82-55-58-88-85-48-21-24-51-93(85)106(96(88)66-82)76-41-17-6-18-42-76/h1-66H. The quantitative estimate of drug-likeness (QED) is 0.102. The van der Waals surface area contributed by atoms with E-state index in [2.05, 4.69) is 429 Å². The van der Waals surface area contributed by atoms with Crippen LogP contribution in [0.4, 0.5) is 51.2 Å². The normalized spacial score (nSPS) is 11.6. The Kier molecular flexibility index (Phi) is 15.0. The largest absolute Gasteiger partial charge is 0.310 e. The third-order valence-electron chi connectivity index (χ3n) is 20.7. The summed E-state index contributed by atoms with van der Waals surface area (Å²) in [5, 5.41) is 8.12. The molecule has 0 saturated heterocycles. The topological polar surface area (TPSA) is 50.3 Å². The van der Waals surface area contributed by atoms with Gasteiger partial charge in [0.05, 0.1) is 44.3 Å². The van der Waals surface area contributed by atoms with Gasteiger partial charge in [-0.05, 0) is 187 Å². The highest BCUT2D eigenvalue weighted by atomic mass is 15.2. The average molecular weight is 1360 g/mol. The van der Waals surface area contributed by atoms with Gasteiger partial charge in [0.1, 0.15) is 0 Å². The van der Waals surface area contributed by atoms with Gasteiger partial charge in [-0.3, -0.25) is 0 Å². The lowest BCUT2D eigenvalue weighted by Crippen LogP contribution is -2.10. The van der Waals surface area contributed by atoms with E-state index in [-0.39, 0.29) is 0 Å². The predicted octanol–water partition coefficient (Wildman–Crippen LogP) is 26.3. The van der Waals surface area contributed by atoms with Crippen molar-refractivity contribution in [2.24, 2.45) is 0 Å². The number of fused-ring (bicyclic) bond motifs is 10. The molecule has 0 bridgehead atoms. The minimum absolute atomic E-state index is 0.609. The van der Waals surface area contributed by atoms with Crippen LogP contribution in [-0.4, -0.2) is 23.7 Å². The van der Waals surface area contributed by atoms with Gasteiger partial charge in [-0.15, -0.1) is 0 Å². The molecule has 20 rings (SSSR count). The molecule has 0 aliphatic carbocycles. The van der Waals surface area contributed by atoms with Crippen LogP contribution in [0.25, 0.3) is 127 Å². The number of para-hydroxylation sites is 9. The highest BCUT2D eigenvalue weighted by Gasteiger charge is 2.24. The fraction of sp³-hybridized carbons (Fsp3) is 0. The van der Waals surface area contributed by atoms with E-state index < -0.39 is 0 Å². The van der Waals surface area contributed by atoms with Gasteiger partial charge in [0.2, 0.25) is 0 Å². The average Bonchev–Trinajstić information content (AvgIpc) is 1.62. The predicted molar refractivity (Wildman–Crippen MR) is 443 cm³/mol. The van der Waals surface area contributed by atoms with Crippen LogP contribution in [0.15, 0.2) is 400 Å². The van der Waals surface area contributed by atoms with Crippen molar-refractivity contribution in [2.45, 2.75) is 0 Å². The molecule has 106 heavy (non-hydrogen) atoms. The summed E-state index contributed by atoms with van der Waals surface area (Å²) in [6, 6.07) is 144. The van der Waals surface area contributed by atoms with E-state index in [4.69, 9.17) is 9.97 Å². The third kappa shape index (κ3) is 10.7. The van der Waals surface area contributed by atoms with Gasteiger partial charge in [-0.2, -0.15) is 0 Å². The molecule has 16 aromatic carbocycles.